The molecule has 1 heterocycles. The quantitative estimate of drug-likeness (QED) is 0.497. The normalized spacial score (nSPS) is 21.4. The number of benzene rings is 1. The van der Waals surface area contributed by atoms with Crippen LogP contribution < -0.4 is 15.8 Å². The number of aliphatic imine (C=N–C) groups is 1. The van der Waals surface area contributed by atoms with Gasteiger partial charge in [-0.3, -0.25) is 9.69 Å². The predicted octanol–water partition coefficient (Wildman–Crippen LogP) is 4.46. The van der Waals surface area contributed by atoms with Crippen LogP contribution in [0.5, 0.6) is 5.75 Å². The number of likely N-dealkylation sites (tertiary alicyclic amines) is 1. The molecule has 6 nitrogen and oxygen atoms in total. The van der Waals surface area contributed by atoms with Crippen LogP contribution in [0.4, 0.5) is 5.69 Å². The topological polar surface area (TPSA) is 80.0 Å². The van der Waals surface area contributed by atoms with Crippen molar-refractivity contribution in [2.75, 3.05) is 32.6 Å². The molecule has 170 valence electrons. The summed E-state index contributed by atoms with van der Waals surface area (Å²) in [6.07, 6.45) is 11.0. The Labute approximate surface area is 186 Å². The molecule has 2 aliphatic rings. The second-order valence-electron chi connectivity index (χ2n) is 8.93. The number of hydrogen-bond acceptors (Lipinski definition) is 4. The molecule has 1 aromatic carbocycles. The predicted molar refractivity (Wildman–Crippen MR) is 129 cm³/mol. The Morgan fingerprint density at radius 3 is 2.55 bits per heavy atom. The Hall–Kier alpha value is -2.34. The van der Waals surface area contributed by atoms with E-state index in [4.69, 9.17) is 10.5 Å². The van der Waals surface area contributed by atoms with Crippen LogP contribution in [-0.2, 0) is 4.79 Å². The monoisotopic (exact) mass is 426 g/mol. The summed E-state index contributed by atoms with van der Waals surface area (Å²) in [5.74, 6) is 1.38. The second-order valence-corrected chi connectivity index (χ2v) is 8.93. The van der Waals surface area contributed by atoms with Crippen LogP contribution in [0, 0.1) is 5.92 Å². The van der Waals surface area contributed by atoms with Crippen LogP contribution in [-0.4, -0.2) is 49.9 Å². The molecule has 1 aliphatic carbocycles. The fourth-order valence-corrected chi connectivity index (χ4v) is 4.75. The number of anilines is 1. The van der Waals surface area contributed by atoms with Gasteiger partial charge in [0.25, 0.3) is 5.91 Å². The van der Waals surface area contributed by atoms with Gasteiger partial charge in [0.05, 0.1) is 18.8 Å². The Morgan fingerprint density at radius 2 is 1.90 bits per heavy atom. The Bertz CT molecular complexity index is 797. The highest BCUT2D eigenvalue weighted by Crippen LogP contribution is 2.34. The number of carbonyl (C=O) groups is 1. The first kappa shape index (κ1) is 23.3. The van der Waals surface area contributed by atoms with E-state index in [0.29, 0.717) is 11.5 Å². The van der Waals surface area contributed by atoms with E-state index in [-0.39, 0.29) is 17.8 Å². The number of nitrogens with zero attached hydrogens (tertiary/aromatic N) is 2. The number of para-hydroxylation sites is 1. The fraction of sp³-hybridized carbons (Fsp3) is 0.600. The van der Waals surface area contributed by atoms with Crippen LogP contribution in [0.2, 0.25) is 0 Å². The van der Waals surface area contributed by atoms with E-state index in [2.05, 4.69) is 16.9 Å². The molecule has 31 heavy (non-hydrogen) atoms. The van der Waals surface area contributed by atoms with Crippen molar-refractivity contribution in [1.29, 1.82) is 0 Å². The highest BCUT2D eigenvalue weighted by molar-refractivity contribution is 6.25. The number of amidine groups is 1. The van der Waals surface area contributed by atoms with Crippen molar-refractivity contribution in [2.45, 2.75) is 63.8 Å². The zero-order chi connectivity index (χ0) is 22.2. The van der Waals surface area contributed by atoms with E-state index in [9.17, 15) is 4.79 Å². The van der Waals surface area contributed by atoms with Gasteiger partial charge in [0, 0.05) is 17.7 Å². The highest BCUT2D eigenvalue weighted by atomic mass is 16.5. The van der Waals surface area contributed by atoms with Crippen molar-refractivity contribution < 1.29 is 9.53 Å². The average molecular weight is 427 g/mol. The van der Waals surface area contributed by atoms with Gasteiger partial charge in [-0.05, 0) is 51.3 Å². The zero-order valence-corrected chi connectivity index (χ0v) is 19.2. The summed E-state index contributed by atoms with van der Waals surface area (Å²) >= 11 is 0. The number of nitrogens with one attached hydrogen (secondary N) is 1. The van der Waals surface area contributed by atoms with Crippen molar-refractivity contribution in [1.82, 2.24) is 4.90 Å². The number of nitrogens with two attached hydrogens (primary N) is 1. The van der Waals surface area contributed by atoms with Crippen molar-refractivity contribution in [3.63, 3.8) is 0 Å². The highest BCUT2D eigenvalue weighted by Gasteiger charge is 2.28. The summed E-state index contributed by atoms with van der Waals surface area (Å²) in [7, 11) is 3.62. The number of rotatable bonds is 7. The van der Waals surface area contributed by atoms with Crippen LogP contribution >= 0.6 is 0 Å². The molecule has 1 saturated carbocycles. The van der Waals surface area contributed by atoms with Gasteiger partial charge in [0.1, 0.15) is 11.6 Å². The Kier molecular flexibility index (Phi) is 8.52. The third kappa shape index (κ3) is 6.10. The summed E-state index contributed by atoms with van der Waals surface area (Å²) < 4.78 is 5.62. The van der Waals surface area contributed by atoms with Gasteiger partial charge in [0.2, 0.25) is 0 Å². The molecular weight excluding hydrogens is 388 g/mol. The van der Waals surface area contributed by atoms with E-state index >= 15 is 0 Å². The van der Waals surface area contributed by atoms with Crippen molar-refractivity contribution in [3.8, 4) is 5.75 Å². The van der Waals surface area contributed by atoms with Gasteiger partial charge in [-0.15, -0.1) is 0 Å². The lowest BCUT2D eigenvalue weighted by Crippen LogP contribution is -2.33. The molecule has 0 spiro atoms. The summed E-state index contributed by atoms with van der Waals surface area (Å²) in [4.78, 5) is 18.9. The lowest BCUT2D eigenvalue weighted by atomic mass is 9.91. The molecule has 0 bridgehead atoms. The molecule has 0 aromatic heterocycles. The lowest BCUT2D eigenvalue weighted by molar-refractivity contribution is -0.121. The zero-order valence-electron chi connectivity index (χ0n) is 19.2. The first-order chi connectivity index (χ1) is 15.0. The van der Waals surface area contributed by atoms with E-state index in [0.717, 1.165) is 42.9 Å². The van der Waals surface area contributed by atoms with E-state index in [1.54, 1.807) is 7.11 Å². The van der Waals surface area contributed by atoms with Crippen LogP contribution in [0.25, 0.3) is 5.57 Å². The maximum Gasteiger partial charge on any atom is 0.264 e. The number of carbonyl (C=O) groups excluding carboxylic acids is 1. The molecule has 1 unspecified atom stereocenters. The summed E-state index contributed by atoms with van der Waals surface area (Å²) in [5.41, 5.74) is 8.50. The van der Waals surface area contributed by atoms with Gasteiger partial charge < -0.3 is 15.8 Å². The molecule has 1 amide bonds. The average Bonchev–Trinajstić information content (AvgIpc) is 3.18. The standard InChI is InChI=1S/C25H38N4O2/c1-18(24(26)28-25(30)21-14-10-16-29(21)2)20-13-9-15-22(31-3)23(20)27-17-19-11-7-5-4-6-8-12-19/h9,13,15,19,21,27H,1,4-8,10-12,14,16-17H2,2-3H3,(H2,26,28,30). The largest absolute Gasteiger partial charge is 0.495 e. The molecule has 1 saturated heterocycles. The SMILES string of the molecule is C=C(C(N)=NC(=O)C1CCCN1C)c1cccc(OC)c1NCC1CCCCCCC1. The molecule has 3 N–H and O–H groups in total. The third-order valence-electron chi connectivity index (χ3n) is 6.71. The smallest absolute Gasteiger partial charge is 0.264 e. The van der Waals surface area contributed by atoms with Gasteiger partial charge in [-0.25, -0.2) is 0 Å². The second kappa shape index (κ2) is 11.3. The summed E-state index contributed by atoms with van der Waals surface area (Å²) in [6.45, 7) is 5.97. The van der Waals surface area contributed by atoms with Gasteiger partial charge in [0.15, 0.2) is 0 Å². The molecule has 1 aromatic rings. The lowest BCUT2D eigenvalue weighted by Gasteiger charge is -2.23. The third-order valence-corrected chi connectivity index (χ3v) is 6.71. The molecule has 1 atom stereocenters. The number of likely N-dealkylation sites (N-methyl/N-ethyl adjacent to an activating group) is 1. The summed E-state index contributed by atoms with van der Waals surface area (Å²) in [6, 6.07) is 5.62. The first-order valence-electron chi connectivity index (χ1n) is 11.7. The Balaban J connectivity index is 1.75. The van der Waals surface area contributed by atoms with Crippen molar-refractivity contribution >= 4 is 23.0 Å². The first-order valence-corrected chi connectivity index (χ1v) is 11.7. The maximum absolute atomic E-state index is 12.6. The molecule has 6 heteroatoms. The van der Waals surface area contributed by atoms with Crippen LogP contribution in [0.15, 0.2) is 29.8 Å². The van der Waals surface area contributed by atoms with Gasteiger partial charge in [-0.1, -0.05) is 50.8 Å². The minimum absolute atomic E-state index is 0.174. The van der Waals surface area contributed by atoms with Crippen molar-refractivity contribution in [2.24, 2.45) is 16.6 Å². The molecule has 3 rings (SSSR count). The minimum Gasteiger partial charge on any atom is -0.495 e. The molecular formula is C25H38N4O2. The number of methoxy groups -OCH3 is 1. The number of ether oxygens (including phenoxy) is 1. The summed E-state index contributed by atoms with van der Waals surface area (Å²) in [5, 5.41) is 3.61. The van der Waals surface area contributed by atoms with E-state index < -0.39 is 0 Å². The van der Waals surface area contributed by atoms with Crippen LogP contribution in [0.1, 0.15) is 63.4 Å². The fourth-order valence-electron chi connectivity index (χ4n) is 4.75. The number of hydrogen-bond donors (Lipinski definition) is 2. The maximum atomic E-state index is 12.6. The van der Waals surface area contributed by atoms with Crippen molar-refractivity contribution in [3.05, 3.63) is 30.3 Å². The molecule has 1 aliphatic heterocycles. The van der Waals surface area contributed by atoms with E-state index in [1.807, 2.05) is 30.1 Å². The van der Waals surface area contributed by atoms with E-state index in [1.165, 1.54) is 44.9 Å². The Morgan fingerprint density at radius 1 is 1.19 bits per heavy atom. The minimum atomic E-state index is -0.189. The van der Waals surface area contributed by atoms with Gasteiger partial charge in [-0.2, -0.15) is 4.99 Å². The van der Waals surface area contributed by atoms with Gasteiger partial charge >= 0.3 is 0 Å². The molecule has 2 fully saturated rings. The molecule has 0 radical (unpaired) electrons. The van der Waals surface area contributed by atoms with Crippen LogP contribution in [0.3, 0.4) is 0 Å². The number of amides is 1.